The second-order valence-electron chi connectivity index (χ2n) is 4.54. The van der Waals surface area contributed by atoms with Crippen LogP contribution >= 0.6 is 11.6 Å². The minimum atomic E-state index is -0.0256. The van der Waals surface area contributed by atoms with E-state index in [1.807, 2.05) is 13.0 Å². The Morgan fingerprint density at radius 1 is 1.61 bits per heavy atom. The van der Waals surface area contributed by atoms with Crippen molar-refractivity contribution in [2.24, 2.45) is 5.73 Å². The second-order valence-corrected chi connectivity index (χ2v) is 4.95. The Balaban J connectivity index is 1.91. The molecule has 2 rings (SSSR count). The van der Waals surface area contributed by atoms with E-state index in [-0.39, 0.29) is 18.6 Å². The van der Waals surface area contributed by atoms with Crippen molar-refractivity contribution in [2.45, 2.75) is 19.4 Å². The van der Waals surface area contributed by atoms with Gasteiger partial charge in [0.1, 0.15) is 5.75 Å². The molecule has 0 saturated carbocycles. The maximum Gasteiger partial charge on any atom is 0.260 e. The molecule has 0 aromatic heterocycles. The number of benzene rings is 1. The zero-order chi connectivity index (χ0) is 13.1. The molecular formula is C13H17ClN2O2. The largest absolute Gasteiger partial charge is 0.483 e. The van der Waals surface area contributed by atoms with Gasteiger partial charge in [-0.2, -0.15) is 0 Å². The van der Waals surface area contributed by atoms with Gasteiger partial charge in [0.05, 0.1) is 0 Å². The first-order valence-electron chi connectivity index (χ1n) is 5.99. The smallest absolute Gasteiger partial charge is 0.260 e. The SMILES string of the molecule is Cc1c(Cl)cccc1OCC(=O)N1CCC(N)C1. The lowest BCUT2D eigenvalue weighted by Gasteiger charge is -2.16. The Hall–Kier alpha value is -1.26. The molecule has 1 amide bonds. The molecule has 1 fully saturated rings. The number of amides is 1. The third kappa shape index (κ3) is 2.94. The maximum atomic E-state index is 11.9. The molecule has 2 N–H and O–H groups in total. The molecule has 4 nitrogen and oxygen atoms in total. The van der Waals surface area contributed by atoms with E-state index >= 15 is 0 Å². The summed E-state index contributed by atoms with van der Waals surface area (Å²) < 4.78 is 5.51. The van der Waals surface area contributed by atoms with Crippen LogP contribution in [0.2, 0.25) is 5.02 Å². The summed E-state index contributed by atoms with van der Waals surface area (Å²) in [6.45, 7) is 3.25. The quantitative estimate of drug-likeness (QED) is 0.906. The van der Waals surface area contributed by atoms with E-state index in [1.54, 1.807) is 17.0 Å². The van der Waals surface area contributed by atoms with Crippen LogP contribution in [0.25, 0.3) is 0 Å². The maximum absolute atomic E-state index is 11.9. The minimum Gasteiger partial charge on any atom is -0.483 e. The second kappa shape index (κ2) is 5.59. The highest BCUT2D eigenvalue weighted by molar-refractivity contribution is 6.31. The number of carbonyl (C=O) groups is 1. The average molecular weight is 269 g/mol. The van der Waals surface area contributed by atoms with Crippen molar-refractivity contribution in [3.63, 3.8) is 0 Å². The highest BCUT2D eigenvalue weighted by Gasteiger charge is 2.23. The van der Waals surface area contributed by atoms with Gasteiger partial charge in [-0.1, -0.05) is 17.7 Å². The van der Waals surface area contributed by atoms with Crippen LogP contribution in [0, 0.1) is 6.92 Å². The van der Waals surface area contributed by atoms with Crippen LogP contribution in [0.4, 0.5) is 0 Å². The number of likely N-dealkylation sites (tertiary alicyclic amines) is 1. The van der Waals surface area contributed by atoms with Crippen LogP contribution in [0.3, 0.4) is 0 Å². The van der Waals surface area contributed by atoms with Gasteiger partial charge in [-0.25, -0.2) is 0 Å². The number of nitrogens with two attached hydrogens (primary N) is 1. The number of rotatable bonds is 3. The van der Waals surface area contributed by atoms with E-state index in [2.05, 4.69) is 0 Å². The van der Waals surface area contributed by atoms with Gasteiger partial charge in [0.15, 0.2) is 6.61 Å². The predicted octanol–water partition coefficient (Wildman–Crippen LogP) is 1.59. The molecule has 1 aliphatic rings. The highest BCUT2D eigenvalue weighted by Crippen LogP contribution is 2.25. The summed E-state index contributed by atoms with van der Waals surface area (Å²) in [6.07, 6.45) is 0.863. The molecule has 1 saturated heterocycles. The Kier molecular flexibility index (Phi) is 4.09. The number of ether oxygens (including phenoxy) is 1. The van der Waals surface area contributed by atoms with Crippen molar-refractivity contribution >= 4 is 17.5 Å². The van der Waals surface area contributed by atoms with E-state index in [0.29, 0.717) is 17.3 Å². The zero-order valence-electron chi connectivity index (χ0n) is 10.4. The van der Waals surface area contributed by atoms with Gasteiger partial charge < -0.3 is 15.4 Å². The van der Waals surface area contributed by atoms with Gasteiger partial charge >= 0.3 is 0 Å². The third-order valence-corrected chi connectivity index (χ3v) is 3.56. The van der Waals surface area contributed by atoms with E-state index in [1.165, 1.54) is 0 Å². The van der Waals surface area contributed by atoms with E-state index < -0.39 is 0 Å². The van der Waals surface area contributed by atoms with Crippen molar-refractivity contribution in [3.8, 4) is 5.75 Å². The predicted molar refractivity (Wildman–Crippen MR) is 70.9 cm³/mol. The minimum absolute atomic E-state index is 0.0256. The van der Waals surface area contributed by atoms with Crippen LogP contribution in [-0.4, -0.2) is 36.5 Å². The van der Waals surface area contributed by atoms with Crippen molar-refractivity contribution in [3.05, 3.63) is 28.8 Å². The number of hydrogen-bond donors (Lipinski definition) is 1. The Morgan fingerprint density at radius 2 is 2.39 bits per heavy atom. The lowest BCUT2D eigenvalue weighted by molar-refractivity contribution is -0.132. The van der Waals surface area contributed by atoms with Gasteiger partial charge in [0.2, 0.25) is 0 Å². The monoisotopic (exact) mass is 268 g/mol. The molecule has 1 heterocycles. The fourth-order valence-corrected chi connectivity index (χ4v) is 2.15. The zero-order valence-corrected chi connectivity index (χ0v) is 11.1. The molecule has 1 atom stereocenters. The molecule has 18 heavy (non-hydrogen) atoms. The standard InChI is InChI=1S/C13H17ClN2O2/c1-9-11(14)3-2-4-12(9)18-8-13(17)16-6-5-10(15)7-16/h2-4,10H,5-8,15H2,1H3. The van der Waals surface area contributed by atoms with Crippen molar-refractivity contribution in [1.29, 1.82) is 0 Å². The van der Waals surface area contributed by atoms with Crippen LogP contribution in [0.5, 0.6) is 5.75 Å². The topological polar surface area (TPSA) is 55.6 Å². The highest BCUT2D eigenvalue weighted by atomic mass is 35.5. The Morgan fingerprint density at radius 3 is 3.06 bits per heavy atom. The average Bonchev–Trinajstić information content (AvgIpc) is 2.77. The van der Waals surface area contributed by atoms with Gasteiger partial charge in [-0.15, -0.1) is 0 Å². The molecule has 1 aliphatic heterocycles. The summed E-state index contributed by atoms with van der Waals surface area (Å²) in [5, 5.41) is 0.642. The van der Waals surface area contributed by atoms with Gasteiger partial charge in [0, 0.05) is 29.7 Å². The first kappa shape index (κ1) is 13.2. The summed E-state index contributed by atoms with van der Waals surface area (Å²) in [5.74, 6) is 0.627. The Bertz CT molecular complexity index is 451. The lowest BCUT2D eigenvalue weighted by atomic mass is 10.2. The van der Waals surface area contributed by atoms with Gasteiger partial charge in [-0.05, 0) is 25.5 Å². The molecular weight excluding hydrogens is 252 g/mol. The Labute approximate surface area is 112 Å². The molecule has 5 heteroatoms. The van der Waals surface area contributed by atoms with Crippen molar-refractivity contribution < 1.29 is 9.53 Å². The van der Waals surface area contributed by atoms with Crippen molar-refractivity contribution in [1.82, 2.24) is 4.90 Å². The van der Waals surface area contributed by atoms with E-state index in [0.717, 1.165) is 18.5 Å². The first-order valence-corrected chi connectivity index (χ1v) is 6.37. The fourth-order valence-electron chi connectivity index (χ4n) is 1.99. The van der Waals surface area contributed by atoms with Gasteiger partial charge in [-0.3, -0.25) is 4.79 Å². The lowest BCUT2D eigenvalue weighted by Crippen LogP contribution is -2.35. The summed E-state index contributed by atoms with van der Waals surface area (Å²) in [4.78, 5) is 13.6. The fraction of sp³-hybridized carbons (Fsp3) is 0.462. The van der Waals surface area contributed by atoms with Crippen LogP contribution < -0.4 is 10.5 Å². The molecule has 0 bridgehead atoms. The van der Waals surface area contributed by atoms with Crippen LogP contribution in [-0.2, 0) is 4.79 Å². The summed E-state index contributed by atoms with van der Waals surface area (Å²) in [7, 11) is 0. The normalized spacial score (nSPS) is 19.1. The van der Waals surface area contributed by atoms with Crippen LogP contribution in [0.15, 0.2) is 18.2 Å². The molecule has 98 valence electrons. The molecule has 1 aromatic carbocycles. The van der Waals surface area contributed by atoms with E-state index in [4.69, 9.17) is 22.1 Å². The number of halogens is 1. The molecule has 0 radical (unpaired) electrons. The summed E-state index contributed by atoms with van der Waals surface area (Å²) in [6, 6.07) is 5.51. The molecule has 1 aromatic rings. The number of nitrogens with zero attached hydrogens (tertiary/aromatic N) is 1. The number of hydrogen-bond acceptors (Lipinski definition) is 3. The number of carbonyl (C=O) groups excluding carboxylic acids is 1. The van der Waals surface area contributed by atoms with E-state index in [9.17, 15) is 4.79 Å². The third-order valence-electron chi connectivity index (χ3n) is 3.15. The van der Waals surface area contributed by atoms with Gasteiger partial charge in [0.25, 0.3) is 5.91 Å². The summed E-state index contributed by atoms with van der Waals surface area (Å²) in [5.41, 5.74) is 6.61. The van der Waals surface area contributed by atoms with Crippen molar-refractivity contribution in [2.75, 3.05) is 19.7 Å². The summed E-state index contributed by atoms with van der Waals surface area (Å²) >= 11 is 5.98. The molecule has 1 unspecified atom stereocenters. The molecule has 0 aliphatic carbocycles. The first-order chi connectivity index (χ1) is 8.58. The molecule has 0 spiro atoms. The van der Waals surface area contributed by atoms with Crippen LogP contribution in [0.1, 0.15) is 12.0 Å².